The van der Waals surface area contributed by atoms with Crippen LogP contribution in [0.5, 0.6) is 0 Å². The molecule has 3 aliphatic carbocycles. The zero-order valence-corrected chi connectivity index (χ0v) is 14.8. The number of sulfonamides is 1. The molecule has 3 saturated carbocycles. The number of nitrogens with zero attached hydrogens (tertiary/aromatic N) is 4. The molecule has 0 amide bonds. The largest absolute Gasteiger partial charge is 0.345 e. The fraction of sp³-hybridized carbons (Fsp3) is 0.562. The van der Waals surface area contributed by atoms with Crippen LogP contribution in [0, 0.1) is 0 Å². The minimum atomic E-state index is -3.19. The van der Waals surface area contributed by atoms with Crippen molar-refractivity contribution in [2.24, 2.45) is 0 Å². The number of hydrogen-bond donors (Lipinski definition) is 2. The first-order valence-electron chi connectivity index (χ1n) is 8.57. The van der Waals surface area contributed by atoms with Crippen molar-refractivity contribution >= 4 is 26.8 Å². The Balaban J connectivity index is 1.58. The van der Waals surface area contributed by atoms with Gasteiger partial charge in [-0.1, -0.05) is 0 Å². The molecule has 25 heavy (non-hydrogen) atoms. The first-order chi connectivity index (χ1) is 11.9. The summed E-state index contributed by atoms with van der Waals surface area (Å²) in [6, 6.07) is 2.00. The maximum Gasteiger partial charge on any atom is 0.209 e. The maximum atomic E-state index is 11.7. The molecule has 3 aliphatic rings. The quantitative estimate of drug-likeness (QED) is 0.736. The highest BCUT2D eigenvalue weighted by atomic mass is 32.2. The molecule has 2 bridgehead atoms. The van der Waals surface area contributed by atoms with Crippen LogP contribution >= 0.6 is 0 Å². The fourth-order valence-corrected chi connectivity index (χ4v) is 5.88. The van der Waals surface area contributed by atoms with Gasteiger partial charge in [-0.2, -0.15) is 0 Å². The molecule has 0 aliphatic heterocycles. The predicted molar refractivity (Wildman–Crippen MR) is 92.7 cm³/mol. The van der Waals surface area contributed by atoms with Gasteiger partial charge in [0.2, 0.25) is 10.0 Å². The summed E-state index contributed by atoms with van der Waals surface area (Å²) >= 11 is 0. The van der Waals surface area contributed by atoms with Crippen molar-refractivity contribution in [1.82, 2.24) is 29.3 Å². The fourth-order valence-electron chi connectivity index (χ4n) is 4.79. The number of fused-ring (bicyclic) bond motifs is 6. The average Bonchev–Trinajstić information content (AvgIpc) is 3.20. The van der Waals surface area contributed by atoms with Gasteiger partial charge in [0.1, 0.15) is 5.82 Å². The molecule has 9 heteroatoms. The highest BCUT2D eigenvalue weighted by molar-refractivity contribution is 7.88. The highest BCUT2D eigenvalue weighted by Gasteiger charge is 2.52. The van der Waals surface area contributed by atoms with Gasteiger partial charge in [0.15, 0.2) is 11.3 Å². The second-order valence-electron chi connectivity index (χ2n) is 7.62. The van der Waals surface area contributed by atoms with E-state index in [0.29, 0.717) is 0 Å². The van der Waals surface area contributed by atoms with E-state index >= 15 is 0 Å². The third-order valence-corrected chi connectivity index (χ3v) is 6.87. The number of H-pyrrole nitrogens is 1. The summed E-state index contributed by atoms with van der Waals surface area (Å²) in [5.74, 6) is 0.988. The van der Waals surface area contributed by atoms with E-state index in [-0.39, 0.29) is 11.0 Å². The Hall–Kier alpha value is -2.00. The van der Waals surface area contributed by atoms with E-state index in [1.807, 2.05) is 12.3 Å². The molecule has 3 fully saturated rings. The zero-order chi connectivity index (χ0) is 17.3. The van der Waals surface area contributed by atoms with Crippen LogP contribution in [-0.2, 0) is 15.4 Å². The molecule has 6 rings (SSSR count). The molecular weight excluding hydrogens is 340 g/mol. The van der Waals surface area contributed by atoms with Gasteiger partial charge < -0.3 is 4.98 Å². The van der Waals surface area contributed by atoms with Gasteiger partial charge in [0.25, 0.3) is 0 Å². The highest BCUT2D eigenvalue weighted by Crippen LogP contribution is 2.53. The number of hydrogen-bond acceptors (Lipinski definition) is 5. The number of rotatable bonds is 3. The Labute approximate surface area is 145 Å². The Morgan fingerprint density at radius 2 is 1.88 bits per heavy atom. The summed E-state index contributed by atoms with van der Waals surface area (Å²) in [6.45, 7) is 0. The summed E-state index contributed by atoms with van der Waals surface area (Å²) in [4.78, 5) is 7.52. The van der Waals surface area contributed by atoms with Crippen LogP contribution in [0.3, 0.4) is 0 Å². The first-order valence-corrected chi connectivity index (χ1v) is 10.5. The topological polar surface area (TPSA) is 105 Å². The Morgan fingerprint density at radius 1 is 1.16 bits per heavy atom. The van der Waals surface area contributed by atoms with Gasteiger partial charge >= 0.3 is 0 Å². The Morgan fingerprint density at radius 3 is 2.56 bits per heavy atom. The smallest absolute Gasteiger partial charge is 0.209 e. The number of aromatic nitrogens is 5. The number of nitrogens with one attached hydrogen (secondary N) is 2. The number of aromatic amines is 1. The molecule has 0 atom stereocenters. The third-order valence-electron chi connectivity index (χ3n) is 6.06. The second kappa shape index (κ2) is 4.79. The molecule has 2 N–H and O–H groups in total. The Kier molecular flexibility index (Phi) is 2.93. The predicted octanol–water partition coefficient (Wildman–Crippen LogP) is 1.50. The van der Waals surface area contributed by atoms with E-state index in [0.717, 1.165) is 61.2 Å². The molecule has 8 nitrogen and oxygen atoms in total. The second-order valence-corrected chi connectivity index (χ2v) is 9.37. The van der Waals surface area contributed by atoms with Crippen LogP contribution in [0.1, 0.15) is 44.3 Å². The lowest BCUT2D eigenvalue weighted by atomic mass is 9.57. The van der Waals surface area contributed by atoms with E-state index in [1.165, 1.54) is 6.26 Å². The monoisotopic (exact) mass is 360 g/mol. The van der Waals surface area contributed by atoms with E-state index < -0.39 is 10.0 Å². The average molecular weight is 360 g/mol. The van der Waals surface area contributed by atoms with Crippen LogP contribution in [-0.4, -0.2) is 44.8 Å². The van der Waals surface area contributed by atoms with Crippen LogP contribution < -0.4 is 4.72 Å². The minimum Gasteiger partial charge on any atom is -0.345 e. The van der Waals surface area contributed by atoms with Gasteiger partial charge in [-0.25, -0.2) is 18.1 Å². The summed E-state index contributed by atoms with van der Waals surface area (Å²) in [5.41, 5.74) is 2.26. The van der Waals surface area contributed by atoms with Gasteiger partial charge in [-0.05, 0) is 44.6 Å². The van der Waals surface area contributed by atoms with Crippen molar-refractivity contribution in [2.75, 3.05) is 6.26 Å². The van der Waals surface area contributed by atoms with Gasteiger partial charge in [0, 0.05) is 17.2 Å². The summed E-state index contributed by atoms with van der Waals surface area (Å²) in [7, 11) is -3.19. The lowest BCUT2D eigenvalue weighted by Crippen LogP contribution is -2.57. The molecule has 0 radical (unpaired) electrons. The lowest BCUT2D eigenvalue weighted by molar-refractivity contribution is 0.0884. The molecule has 3 aromatic heterocycles. The molecule has 0 aromatic carbocycles. The van der Waals surface area contributed by atoms with Crippen LogP contribution in [0.15, 0.2) is 18.5 Å². The molecule has 132 valence electrons. The van der Waals surface area contributed by atoms with Crippen molar-refractivity contribution in [1.29, 1.82) is 0 Å². The summed E-state index contributed by atoms with van der Waals surface area (Å²) in [6.07, 6.45) is 10.2. The van der Waals surface area contributed by atoms with Crippen molar-refractivity contribution < 1.29 is 8.42 Å². The summed E-state index contributed by atoms with van der Waals surface area (Å²) < 4.78 is 28.5. The van der Waals surface area contributed by atoms with Crippen molar-refractivity contribution in [3.63, 3.8) is 0 Å². The van der Waals surface area contributed by atoms with E-state index in [4.69, 9.17) is 0 Å². The van der Waals surface area contributed by atoms with Gasteiger partial charge in [-0.3, -0.25) is 4.40 Å². The molecule has 0 unspecified atom stereocenters. The lowest BCUT2D eigenvalue weighted by Gasteiger charge is -2.52. The van der Waals surface area contributed by atoms with E-state index in [2.05, 4.69) is 29.3 Å². The molecule has 3 heterocycles. The minimum absolute atomic E-state index is 0.0358. The molecule has 3 aromatic rings. The van der Waals surface area contributed by atoms with Gasteiger partial charge in [0.05, 0.1) is 18.0 Å². The van der Waals surface area contributed by atoms with Crippen LogP contribution in [0.4, 0.5) is 0 Å². The molecule has 0 spiro atoms. The summed E-state index contributed by atoms with van der Waals surface area (Å²) in [5, 5.41) is 8.87. The van der Waals surface area contributed by atoms with Gasteiger partial charge in [-0.15, -0.1) is 10.2 Å². The SMILES string of the molecule is CS(=O)(=O)NC12CCC(c3nnc4cnc5[nH]ccc5n34)(CC1)CC2. The normalized spacial score (nSPS) is 29.6. The van der Waals surface area contributed by atoms with Crippen molar-refractivity contribution in [3.05, 3.63) is 24.3 Å². The Bertz CT molecular complexity index is 1060. The van der Waals surface area contributed by atoms with E-state index in [9.17, 15) is 8.42 Å². The third kappa shape index (κ3) is 2.22. The van der Waals surface area contributed by atoms with Crippen LogP contribution in [0.2, 0.25) is 0 Å². The molecule has 0 saturated heterocycles. The van der Waals surface area contributed by atoms with Crippen LogP contribution in [0.25, 0.3) is 16.8 Å². The zero-order valence-electron chi connectivity index (χ0n) is 14.0. The standard InChI is InChI=1S/C16H20N6O2S/c1-25(23,24)21-16-6-3-15(4-7-16,5-8-16)14-20-19-12-10-18-13-11(22(12)14)2-9-17-13/h2,9-10,17,21H,3-8H2,1H3. The molecular formula is C16H20N6O2S. The maximum absolute atomic E-state index is 11.7. The van der Waals surface area contributed by atoms with E-state index in [1.54, 1.807) is 6.20 Å². The van der Waals surface area contributed by atoms with Crippen molar-refractivity contribution in [3.8, 4) is 0 Å². The first kappa shape index (κ1) is 15.3. The van der Waals surface area contributed by atoms with Crippen molar-refractivity contribution in [2.45, 2.75) is 49.5 Å².